The van der Waals surface area contributed by atoms with Gasteiger partial charge in [0.1, 0.15) is 5.75 Å². The summed E-state index contributed by atoms with van der Waals surface area (Å²) in [6.45, 7) is 3.58. The van der Waals surface area contributed by atoms with Gasteiger partial charge in [-0.2, -0.15) is 13.2 Å². The van der Waals surface area contributed by atoms with Crippen molar-refractivity contribution in [2.45, 2.75) is 19.6 Å². The molecule has 1 aliphatic rings. The number of rotatable bonds is 6. The molecule has 0 bridgehead atoms. The summed E-state index contributed by atoms with van der Waals surface area (Å²) in [6.07, 6.45) is -4.33. The highest BCUT2D eigenvalue weighted by atomic mass is 127. The van der Waals surface area contributed by atoms with E-state index >= 15 is 0 Å². The standard InChI is InChI=1S/C16H22F3N3O2.HI/c1-15(9-23-10-15)8-22-14(20-2)21-7-12-3-5-13(6-4-12)24-11-16(17,18)19;/h3-6H,7-11H2,1-2H3,(H2,20,21,22);1H. The predicted molar refractivity (Wildman–Crippen MR) is 101 cm³/mol. The van der Waals surface area contributed by atoms with Crippen molar-refractivity contribution in [1.29, 1.82) is 0 Å². The van der Waals surface area contributed by atoms with Crippen LogP contribution in [0.5, 0.6) is 5.75 Å². The average Bonchev–Trinajstić information content (AvgIpc) is 2.51. The smallest absolute Gasteiger partial charge is 0.422 e. The number of nitrogens with zero attached hydrogens (tertiary/aromatic N) is 1. The Morgan fingerprint density at radius 2 is 1.88 bits per heavy atom. The molecule has 5 nitrogen and oxygen atoms in total. The molecule has 1 aromatic carbocycles. The van der Waals surface area contributed by atoms with E-state index in [-0.39, 0.29) is 35.1 Å². The van der Waals surface area contributed by atoms with Crippen molar-refractivity contribution in [2.24, 2.45) is 10.4 Å². The van der Waals surface area contributed by atoms with Crippen LogP contribution in [-0.4, -0.2) is 45.5 Å². The molecule has 0 saturated carbocycles. The molecule has 0 aliphatic carbocycles. The molecule has 25 heavy (non-hydrogen) atoms. The van der Waals surface area contributed by atoms with E-state index in [1.165, 1.54) is 12.1 Å². The Kier molecular flexibility index (Phi) is 8.26. The number of ether oxygens (including phenoxy) is 2. The third-order valence-electron chi connectivity index (χ3n) is 3.59. The van der Waals surface area contributed by atoms with Crippen molar-refractivity contribution in [1.82, 2.24) is 10.6 Å². The van der Waals surface area contributed by atoms with Gasteiger partial charge in [-0.25, -0.2) is 0 Å². The minimum absolute atomic E-state index is 0. The zero-order valence-electron chi connectivity index (χ0n) is 14.2. The highest BCUT2D eigenvalue weighted by Crippen LogP contribution is 2.25. The van der Waals surface area contributed by atoms with Gasteiger partial charge < -0.3 is 20.1 Å². The van der Waals surface area contributed by atoms with Gasteiger partial charge in [-0.1, -0.05) is 19.1 Å². The third kappa shape index (κ3) is 7.68. The fourth-order valence-electron chi connectivity index (χ4n) is 2.12. The van der Waals surface area contributed by atoms with Crippen LogP contribution in [0.1, 0.15) is 12.5 Å². The maximum Gasteiger partial charge on any atom is 0.422 e. The zero-order chi connectivity index (χ0) is 17.6. The van der Waals surface area contributed by atoms with E-state index in [9.17, 15) is 13.2 Å². The topological polar surface area (TPSA) is 54.9 Å². The monoisotopic (exact) mass is 473 g/mol. The number of hydrogen-bond acceptors (Lipinski definition) is 3. The molecule has 0 spiro atoms. The third-order valence-corrected chi connectivity index (χ3v) is 3.59. The summed E-state index contributed by atoms with van der Waals surface area (Å²) in [6, 6.07) is 6.47. The molecule has 0 unspecified atom stereocenters. The van der Waals surface area contributed by atoms with Crippen molar-refractivity contribution >= 4 is 29.9 Å². The largest absolute Gasteiger partial charge is 0.484 e. The lowest BCUT2D eigenvalue weighted by Gasteiger charge is -2.38. The van der Waals surface area contributed by atoms with Gasteiger partial charge in [-0.3, -0.25) is 4.99 Å². The fraction of sp³-hybridized carbons (Fsp3) is 0.562. The molecule has 1 aromatic rings. The molecule has 1 heterocycles. The Hall–Kier alpha value is -1.23. The van der Waals surface area contributed by atoms with Crippen molar-refractivity contribution in [3.8, 4) is 5.75 Å². The molecule has 1 saturated heterocycles. The van der Waals surface area contributed by atoms with E-state index in [1.807, 2.05) is 0 Å². The molecular weight excluding hydrogens is 450 g/mol. The van der Waals surface area contributed by atoms with Crippen LogP contribution in [0, 0.1) is 5.41 Å². The number of benzene rings is 1. The van der Waals surface area contributed by atoms with E-state index in [0.29, 0.717) is 12.5 Å². The number of aliphatic imine (C=N–C) groups is 1. The molecule has 0 aromatic heterocycles. The highest BCUT2D eigenvalue weighted by Gasteiger charge is 2.33. The average molecular weight is 473 g/mol. The van der Waals surface area contributed by atoms with Crippen LogP contribution in [0.3, 0.4) is 0 Å². The van der Waals surface area contributed by atoms with Crippen LogP contribution in [0.2, 0.25) is 0 Å². The summed E-state index contributed by atoms with van der Waals surface area (Å²) < 4.78 is 46.2. The molecule has 9 heteroatoms. The molecule has 1 aliphatic heterocycles. The Balaban J connectivity index is 0.00000312. The van der Waals surface area contributed by atoms with E-state index < -0.39 is 12.8 Å². The van der Waals surface area contributed by atoms with E-state index in [4.69, 9.17) is 4.74 Å². The van der Waals surface area contributed by atoms with Gasteiger partial charge in [-0.15, -0.1) is 24.0 Å². The lowest BCUT2D eigenvalue weighted by Crippen LogP contribution is -2.50. The lowest BCUT2D eigenvalue weighted by molar-refractivity contribution is -0.153. The number of alkyl halides is 3. The Bertz CT molecular complexity index is 561. The second-order valence-electron chi connectivity index (χ2n) is 6.13. The second kappa shape index (κ2) is 9.46. The first-order valence-corrected chi connectivity index (χ1v) is 7.60. The van der Waals surface area contributed by atoms with Gasteiger partial charge in [0, 0.05) is 25.6 Å². The Morgan fingerprint density at radius 3 is 2.36 bits per heavy atom. The van der Waals surface area contributed by atoms with Crippen molar-refractivity contribution < 1.29 is 22.6 Å². The van der Waals surface area contributed by atoms with Crippen LogP contribution in [-0.2, 0) is 11.3 Å². The maximum atomic E-state index is 12.1. The molecule has 2 N–H and O–H groups in total. The number of hydrogen-bond donors (Lipinski definition) is 2. The fourth-order valence-corrected chi connectivity index (χ4v) is 2.12. The minimum Gasteiger partial charge on any atom is -0.484 e. The predicted octanol–water partition coefficient (Wildman–Crippen LogP) is 2.95. The van der Waals surface area contributed by atoms with Gasteiger partial charge in [0.05, 0.1) is 13.2 Å². The van der Waals surface area contributed by atoms with Gasteiger partial charge in [0.15, 0.2) is 12.6 Å². The van der Waals surface area contributed by atoms with E-state index in [2.05, 4.69) is 27.3 Å². The SMILES string of the molecule is CN=C(NCc1ccc(OCC(F)(F)F)cc1)NCC1(C)COC1.I. The first kappa shape index (κ1) is 21.8. The Labute approximate surface area is 162 Å². The minimum atomic E-state index is -4.33. The van der Waals surface area contributed by atoms with Gasteiger partial charge in [-0.05, 0) is 17.7 Å². The first-order chi connectivity index (χ1) is 11.3. The molecule has 142 valence electrons. The zero-order valence-corrected chi connectivity index (χ0v) is 16.5. The summed E-state index contributed by atoms with van der Waals surface area (Å²) in [4.78, 5) is 4.14. The quantitative estimate of drug-likeness (QED) is 0.379. The summed E-state index contributed by atoms with van der Waals surface area (Å²) >= 11 is 0. The number of halogens is 4. The van der Waals surface area contributed by atoms with Crippen LogP contribution in [0.15, 0.2) is 29.3 Å². The summed E-state index contributed by atoms with van der Waals surface area (Å²) in [5.41, 5.74) is 1.05. The van der Waals surface area contributed by atoms with Crippen LogP contribution < -0.4 is 15.4 Å². The normalized spacial score (nSPS) is 16.4. The highest BCUT2D eigenvalue weighted by molar-refractivity contribution is 14.0. The summed E-state index contributed by atoms with van der Waals surface area (Å²) in [5, 5.41) is 6.40. The van der Waals surface area contributed by atoms with Crippen LogP contribution >= 0.6 is 24.0 Å². The molecule has 0 radical (unpaired) electrons. The van der Waals surface area contributed by atoms with Crippen LogP contribution in [0.25, 0.3) is 0 Å². The van der Waals surface area contributed by atoms with Gasteiger partial charge >= 0.3 is 6.18 Å². The van der Waals surface area contributed by atoms with Crippen molar-refractivity contribution in [3.63, 3.8) is 0 Å². The van der Waals surface area contributed by atoms with E-state index in [0.717, 1.165) is 25.3 Å². The second-order valence-corrected chi connectivity index (χ2v) is 6.13. The maximum absolute atomic E-state index is 12.1. The number of guanidine groups is 1. The molecule has 2 rings (SSSR count). The molecule has 1 fully saturated rings. The summed E-state index contributed by atoms with van der Waals surface area (Å²) in [7, 11) is 1.68. The van der Waals surface area contributed by atoms with Crippen LogP contribution in [0.4, 0.5) is 13.2 Å². The molecule has 0 atom stereocenters. The number of nitrogens with one attached hydrogen (secondary N) is 2. The molecule has 0 amide bonds. The first-order valence-electron chi connectivity index (χ1n) is 7.60. The molecular formula is C16H23F3IN3O2. The van der Waals surface area contributed by atoms with Crippen molar-refractivity contribution in [3.05, 3.63) is 29.8 Å². The Morgan fingerprint density at radius 1 is 1.24 bits per heavy atom. The lowest BCUT2D eigenvalue weighted by atomic mass is 9.89. The summed E-state index contributed by atoms with van der Waals surface area (Å²) in [5.74, 6) is 0.858. The van der Waals surface area contributed by atoms with Gasteiger partial charge in [0.25, 0.3) is 0 Å². The van der Waals surface area contributed by atoms with E-state index in [1.54, 1.807) is 19.2 Å². The van der Waals surface area contributed by atoms with Crippen molar-refractivity contribution in [2.75, 3.05) is 33.4 Å². The van der Waals surface area contributed by atoms with Gasteiger partial charge in [0.2, 0.25) is 0 Å².